The number of carbonyl (C=O) groups excluding carboxylic acids is 2. The maximum absolute atomic E-state index is 12.2. The number of halogens is 3. The van der Waals surface area contributed by atoms with Crippen LogP contribution >= 0.6 is 34.8 Å². The van der Waals surface area contributed by atoms with E-state index in [0.29, 0.717) is 37.0 Å². The van der Waals surface area contributed by atoms with Crippen molar-refractivity contribution in [1.29, 1.82) is 0 Å². The van der Waals surface area contributed by atoms with Crippen LogP contribution in [-0.4, -0.2) is 66.3 Å². The van der Waals surface area contributed by atoms with Crippen molar-refractivity contribution >= 4 is 46.7 Å². The third-order valence-electron chi connectivity index (χ3n) is 7.98. The molecular weight excluding hydrogens is 767 g/mol. The summed E-state index contributed by atoms with van der Waals surface area (Å²) < 4.78 is 55.1. The highest BCUT2D eigenvalue weighted by Gasteiger charge is 2.36. The monoisotopic (exact) mass is 822 g/mol. The highest BCUT2D eigenvalue weighted by atomic mass is 35.5. The molecule has 15 heteroatoms. The summed E-state index contributed by atoms with van der Waals surface area (Å²) in [6.45, 7) is 15.3. The van der Waals surface area contributed by atoms with Crippen LogP contribution in [0.2, 0.25) is 15.5 Å². The van der Waals surface area contributed by atoms with Crippen molar-refractivity contribution in [1.82, 2.24) is 29.9 Å². The van der Waals surface area contributed by atoms with Crippen LogP contribution in [0.1, 0.15) is 133 Å². The number of nitrogens with zero attached hydrogens (tertiary/aromatic N) is 5. The lowest BCUT2D eigenvalue weighted by atomic mass is 10.0. The van der Waals surface area contributed by atoms with Crippen molar-refractivity contribution < 1.29 is 34.0 Å². The van der Waals surface area contributed by atoms with Gasteiger partial charge in [-0.25, -0.2) is 29.3 Å². The maximum Gasteiger partial charge on any atom is 0.341 e. The van der Waals surface area contributed by atoms with Gasteiger partial charge in [-0.05, 0) is 128 Å². The fourth-order valence-corrected chi connectivity index (χ4v) is 5.17. The Labute approximate surface area is 344 Å². The zero-order chi connectivity index (χ0) is 44.0. The second kappa shape index (κ2) is 18.8. The van der Waals surface area contributed by atoms with Crippen LogP contribution < -0.4 is 9.47 Å². The molecule has 2 saturated carbocycles. The second-order valence-electron chi connectivity index (χ2n) is 15.7. The lowest BCUT2D eigenvalue weighted by molar-refractivity contribution is 0.00567. The number of pyridine rings is 2. The summed E-state index contributed by atoms with van der Waals surface area (Å²) >= 11 is 17.5. The number of nitrogens with one attached hydrogen (secondary N) is 1. The summed E-state index contributed by atoms with van der Waals surface area (Å²) in [5.41, 5.74) is -1.13. The fourth-order valence-electron chi connectivity index (χ4n) is 4.52. The molecule has 0 unspecified atom stereocenters. The lowest BCUT2D eigenvalue weighted by Crippen LogP contribution is -2.24. The van der Waals surface area contributed by atoms with E-state index in [1.807, 2.05) is 13.8 Å². The summed E-state index contributed by atoms with van der Waals surface area (Å²) in [7, 11) is 0. The molecule has 12 nitrogen and oxygen atoms in total. The Hall–Kier alpha value is -3.87. The van der Waals surface area contributed by atoms with Gasteiger partial charge in [0.2, 0.25) is 11.8 Å². The Morgan fingerprint density at radius 2 is 1.31 bits per heavy atom. The summed E-state index contributed by atoms with van der Waals surface area (Å²) in [6, 6.07) is 9.55. The Morgan fingerprint density at radius 1 is 0.782 bits per heavy atom. The molecule has 1 N–H and O–H groups in total. The maximum atomic E-state index is 12.2. The summed E-state index contributed by atoms with van der Waals surface area (Å²) in [6.07, 6.45) is 5.47. The van der Waals surface area contributed by atoms with E-state index in [-0.39, 0.29) is 44.0 Å². The minimum absolute atomic E-state index is 0.0283. The van der Waals surface area contributed by atoms with E-state index in [1.54, 1.807) is 78.2 Å². The lowest BCUT2D eigenvalue weighted by Gasteiger charge is -2.19. The number of ether oxygens (including phenoxy) is 4. The molecule has 0 bridgehead atoms. The van der Waals surface area contributed by atoms with Crippen molar-refractivity contribution in [3.8, 4) is 17.6 Å². The summed E-state index contributed by atoms with van der Waals surface area (Å²) in [5, 5.41) is 11.0. The van der Waals surface area contributed by atoms with Crippen molar-refractivity contribution in [3.05, 3.63) is 75.4 Å². The molecule has 0 amide bonds. The van der Waals surface area contributed by atoms with Gasteiger partial charge in [0.15, 0.2) is 5.82 Å². The Balaban J connectivity index is 0.000000215. The zero-order valence-electron chi connectivity index (χ0n) is 36.6. The highest BCUT2D eigenvalue weighted by molar-refractivity contribution is 6.34. The van der Waals surface area contributed by atoms with Crippen LogP contribution in [0.5, 0.6) is 11.8 Å². The SMILES string of the molecule is CC(C)(C)OC(=O)c1ccc(Cl)nc1Cl.[2H]C([2H])(CCOc1ccn(-c2ccc(C(=O)OC(C)(C)C)c(Cl)n2)n1)C1(C)CC1.[2H]C([2H])(CCOc1ccn[nH]1)C1(C)CC1. The Bertz CT molecular complexity index is 2050. The largest absolute Gasteiger partial charge is 0.478 e. The van der Waals surface area contributed by atoms with Crippen LogP contribution in [-0.2, 0) is 9.47 Å². The molecule has 4 heterocycles. The predicted octanol–water partition coefficient (Wildman–Crippen LogP) is 10.5. The van der Waals surface area contributed by atoms with E-state index < -0.39 is 35.9 Å². The number of aromatic amines is 1. The average Bonchev–Trinajstić information content (AvgIpc) is 3.91. The molecule has 300 valence electrons. The van der Waals surface area contributed by atoms with E-state index in [4.69, 9.17) is 59.2 Å². The molecule has 0 atom stereocenters. The van der Waals surface area contributed by atoms with E-state index in [2.05, 4.69) is 25.3 Å². The van der Waals surface area contributed by atoms with Gasteiger partial charge < -0.3 is 18.9 Å². The first-order chi connectivity index (χ1) is 27.2. The molecule has 0 aromatic carbocycles. The third kappa shape index (κ3) is 15.7. The third-order valence-corrected chi connectivity index (χ3v) is 8.76. The van der Waals surface area contributed by atoms with Gasteiger partial charge in [-0.3, -0.25) is 0 Å². The van der Waals surface area contributed by atoms with Crippen molar-refractivity contribution in [2.24, 2.45) is 10.8 Å². The van der Waals surface area contributed by atoms with Gasteiger partial charge in [0.1, 0.15) is 26.7 Å². The number of hydrogen-bond acceptors (Lipinski definition) is 10. The van der Waals surface area contributed by atoms with Gasteiger partial charge in [0.25, 0.3) is 0 Å². The molecule has 2 aliphatic rings. The van der Waals surface area contributed by atoms with Crippen LogP contribution in [0.4, 0.5) is 0 Å². The second-order valence-corrected chi connectivity index (χ2v) is 16.8. The number of H-pyrrole nitrogens is 1. The smallest absolute Gasteiger partial charge is 0.341 e. The standard InChI is InChI=1S/C20H26ClN3O3.C10H11Cl2NO2.C10H16N2O/c1-19(2,3)27-18(25)14-6-7-15(22-17(14)21)24-12-8-16(23-24)26-13-5-9-20(4)10-11-20;1-10(2,3)15-9(14)6-4-5-7(11)13-8(6)12;1-10(5-6-10)4-2-8-13-9-3-7-11-12-9/h6-8,12H,5,9-11,13H2,1-4H3;4-5H,1-3H3;3,7H,2,4-6,8H2,1H3,(H,11,12)/i9D2;;4D2. The molecule has 55 heavy (non-hydrogen) atoms. The normalized spacial score (nSPS) is 16.6. The van der Waals surface area contributed by atoms with Crippen molar-refractivity contribution in [2.75, 3.05) is 13.2 Å². The molecule has 4 aromatic rings. The highest BCUT2D eigenvalue weighted by Crippen LogP contribution is 2.49. The molecule has 2 fully saturated rings. The molecular formula is C40H53Cl3N6O6. The van der Waals surface area contributed by atoms with E-state index in [1.165, 1.54) is 16.8 Å². The van der Waals surface area contributed by atoms with Crippen LogP contribution in [0.15, 0.2) is 48.8 Å². The van der Waals surface area contributed by atoms with E-state index >= 15 is 0 Å². The van der Waals surface area contributed by atoms with Gasteiger partial charge in [-0.1, -0.05) is 48.7 Å². The number of esters is 2. The van der Waals surface area contributed by atoms with Crippen LogP contribution in [0, 0.1) is 10.8 Å². The average molecular weight is 824 g/mol. The van der Waals surface area contributed by atoms with Gasteiger partial charge in [0.05, 0.1) is 30.5 Å². The minimum atomic E-state index is -1.25. The number of hydrogen-bond donors (Lipinski definition) is 1. The zero-order valence-corrected chi connectivity index (χ0v) is 34.9. The number of aromatic nitrogens is 6. The Morgan fingerprint density at radius 3 is 1.78 bits per heavy atom. The van der Waals surface area contributed by atoms with Gasteiger partial charge in [-0.2, -0.15) is 5.10 Å². The molecule has 0 spiro atoms. The Kier molecular flexibility index (Phi) is 13.0. The predicted molar refractivity (Wildman–Crippen MR) is 214 cm³/mol. The number of carbonyl (C=O) groups is 2. The summed E-state index contributed by atoms with van der Waals surface area (Å²) in [5.74, 6) is 0.363. The van der Waals surface area contributed by atoms with E-state index in [0.717, 1.165) is 25.7 Å². The fraction of sp³-hybridized carbons (Fsp3) is 0.550. The molecule has 6 rings (SSSR count). The van der Waals surface area contributed by atoms with Crippen LogP contribution in [0.25, 0.3) is 5.82 Å². The quantitative estimate of drug-likeness (QED) is 0.102. The minimum Gasteiger partial charge on any atom is -0.478 e. The molecule has 4 aromatic heterocycles. The number of rotatable bonds is 13. The topological polar surface area (TPSA) is 143 Å². The first-order valence-electron chi connectivity index (χ1n) is 20.0. The molecule has 0 aliphatic heterocycles. The van der Waals surface area contributed by atoms with Gasteiger partial charge >= 0.3 is 11.9 Å². The molecule has 0 saturated heterocycles. The van der Waals surface area contributed by atoms with Gasteiger partial charge in [0, 0.05) is 23.8 Å². The van der Waals surface area contributed by atoms with E-state index in [9.17, 15) is 9.59 Å². The van der Waals surface area contributed by atoms with Gasteiger partial charge in [-0.15, -0.1) is 5.10 Å². The first-order valence-corrected chi connectivity index (χ1v) is 19.1. The van der Waals surface area contributed by atoms with Crippen molar-refractivity contribution in [2.45, 2.75) is 118 Å². The molecule has 0 radical (unpaired) electrons. The molecule has 2 aliphatic carbocycles. The van der Waals surface area contributed by atoms with Crippen molar-refractivity contribution in [3.63, 3.8) is 0 Å². The summed E-state index contributed by atoms with van der Waals surface area (Å²) in [4.78, 5) is 31.8. The van der Waals surface area contributed by atoms with Crippen LogP contribution in [0.3, 0.4) is 0 Å². The first kappa shape index (κ1) is 38.0.